The maximum atomic E-state index is 10.6. The van der Waals surface area contributed by atoms with E-state index < -0.39 is 6.10 Å². The van der Waals surface area contributed by atoms with Crippen molar-refractivity contribution in [3.8, 4) is 16.3 Å². The molecule has 178 valence electrons. The summed E-state index contributed by atoms with van der Waals surface area (Å²) in [5.41, 5.74) is 3.26. The van der Waals surface area contributed by atoms with Gasteiger partial charge in [-0.3, -0.25) is 9.80 Å². The van der Waals surface area contributed by atoms with Gasteiger partial charge in [0.05, 0.1) is 20.9 Å². The van der Waals surface area contributed by atoms with Gasteiger partial charge in [-0.15, -0.1) is 22.7 Å². The molecule has 0 amide bonds. The third kappa shape index (κ3) is 5.64. The highest BCUT2D eigenvalue weighted by Crippen LogP contribution is 2.26. The van der Waals surface area contributed by atoms with Gasteiger partial charge in [0.25, 0.3) is 0 Å². The Hall–Kier alpha value is -2.36. The lowest BCUT2D eigenvalue weighted by atomic mass is 10.1. The van der Waals surface area contributed by atoms with E-state index in [2.05, 4.69) is 51.4 Å². The van der Waals surface area contributed by atoms with Crippen LogP contribution in [0.1, 0.15) is 17.6 Å². The molecule has 1 aliphatic heterocycles. The van der Waals surface area contributed by atoms with E-state index in [1.54, 1.807) is 22.7 Å². The Balaban J connectivity index is 1.09. The average Bonchev–Trinajstić information content (AvgIpc) is 3.45. The second-order valence-corrected chi connectivity index (χ2v) is 11.0. The average molecular weight is 495 g/mol. The lowest BCUT2D eigenvalue weighted by Crippen LogP contribution is -2.53. The second kappa shape index (κ2) is 10.5. The van der Waals surface area contributed by atoms with Gasteiger partial charge in [-0.25, -0.2) is 9.97 Å². The van der Waals surface area contributed by atoms with Crippen LogP contribution in [0.4, 0.5) is 0 Å². The van der Waals surface area contributed by atoms with Crippen molar-refractivity contribution >= 4 is 32.9 Å². The fourth-order valence-electron chi connectivity index (χ4n) is 4.43. The molecule has 5 rings (SSSR count). The van der Waals surface area contributed by atoms with Gasteiger partial charge in [-0.2, -0.15) is 0 Å². The van der Waals surface area contributed by atoms with Gasteiger partial charge in [0.15, 0.2) is 0 Å². The quantitative estimate of drug-likeness (QED) is 0.384. The van der Waals surface area contributed by atoms with Gasteiger partial charge in [-0.05, 0) is 26.0 Å². The molecule has 2 atom stereocenters. The molecule has 8 heteroatoms. The number of nitrogens with zero attached hydrogens (tertiary/aromatic N) is 4. The molecule has 2 aromatic carbocycles. The summed E-state index contributed by atoms with van der Waals surface area (Å²) >= 11 is 3.39. The number of ether oxygens (including phenoxy) is 1. The number of thiazole rings is 2. The third-order valence-corrected chi connectivity index (χ3v) is 8.06. The minimum atomic E-state index is -0.529. The molecule has 2 aromatic heterocycles. The zero-order valence-electron chi connectivity index (χ0n) is 19.6. The molecule has 0 radical (unpaired) electrons. The molecule has 4 aromatic rings. The smallest absolute Gasteiger partial charge is 0.123 e. The lowest BCUT2D eigenvalue weighted by molar-refractivity contribution is 0.0253. The van der Waals surface area contributed by atoms with Crippen LogP contribution < -0.4 is 4.74 Å². The van der Waals surface area contributed by atoms with Crippen LogP contribution in [0.15, 0.2) is 53.9 Å². The number of β-amino-alcohol motifs (C(OH)–C–C–N with tert-alkyl or cyclic N) is 1. The number of hydrogen-bond acceptors (Lipinski definition) is 8. The van der Waals surface area contributed by atoms with Gasteiger partial charge < -0.3 is 9.84 Å². The highest BCUT2D eigenvalue weighted by atomic mass is 32.1. The largest absolute Gasteiger partial charge is 0.491 e. The minimum absolute atomic E-state index is 0.282. The number of aliphatic hydroxyl groups excluding tert-OH is 1. The molecule has 0 bridgehead atoms. The summed E-state index contributed by atoms with van der Waals surface area (Å²) in [6, 6.07) is 16.7. The van der Waals surface area contributed by atoms with Crippen LogP contribution >= 0.6 is 22.7 Å². The number of hydrogen-bond donors (Lipinski definition) is 1. The Bertz CT molecular complexity index is 1230. The topological polar surface area (TPSA) is 61.7 Å². The molecule has 0 spiro atoms. The van der Waals surface area contributed by atoms with Gasteiger partial charge in [0.1, 0.15) is 23.5 Å². The zero-order chi connectivity index (χ0) is 23.5. The van der Waals surface area contributed by atoms with E-state index in [0.29, 0.717) is 12.6 Å². The van der Waals surface area contributed by atoms with E-state index in [9.17, 15) is 5.11 Å². The third-order valence-electron chi connectivity index (χ3n) is 6.16. The fraction of sp³-hybridized carbons (Fsp3) is 0.385. The van der Waals surface area contributed by atoms with E-state index in [-0.39, 0.29) is 6.61 Å². The van der Waals surface area contributed by atoms with Gasteiger partial charge in [-0.1, -0.05) is 30.3 Å². The summed E-state index contributed by atoms with van der Waals surface area (Å²) in [5.74, 6) is 0.758. The molecular formula is C26H30N4O2S2. The number of benzene rings is 2. The molecule has 34 heavy (non-hydrogen) atoms. The SMILES string of the molecule is Cc1nc2cc(OC[C@H](O)CN3CCN(Cc4csc(-c5ccccc5)n4)[C@@H](C)C3)ccc2s1. The molecule has 1 fully saturated rings. The van der Waals surface area contributed by atoms with Crippen LogP contribution in [0.25, 0.3) is 20.8 Å². The number of rotatable bonds is 8. The summed E-state index contributed by atoms with van der Waals surface area (Å²) in [4.78, 5) is 14.2. The predicted octanol–water partition coefficient (Wildman–Crippen LogP) is 4.67. The maximum Gasteiger partial charge on any atom is 0.123 e. The van der Waals surface area contributed by atoms with Gasteiger partial charge in [0.2, 0.25) is 0 Å². The first-order chi connectivity index (χ1) is 16.5. The number of fused-ring (bicyclic) bond motifs is 1. The molecular weight excluding hydrogens is 464 g/mol. The van der Waals surface area contributed by atoms with Crippen molar-refractivity contribution in [3.63, 3.8) is 0 Å². The molecule has 1 saturated heterocycles. The first kappa shape index (κ1) is 23.4. The van der Waals surface area contributed by atoms with Crippen LogP contribution in [-0.2, 0) is 6.54 Å². The van der Waals surface area contributed by atoms with Crippen molar-refractivity contribution in [2.24, 2.45) is 0 Å². The number of aryl methyl sites for hydroxylation is 1. The lowest BCUT2D eigenvalue weighted by Gasteiger charge is -2.40. The summed E-state index contributed by atoms with van der Waals surface area (Å²) in [7, 11) is 0. The van der Waals surface area contributed by atoms with E-state index in [4.69, 9.17) is 9.72 Å². The monoisotopic (exact) mass is 494 g/mol. The summed E-state index contributed by atoms with van der Waals surface area (Å²) in [6.07, 6.45) is -0.529. The molecule has 3 heterocycles. The molecule has 0 aliphatic carbocycles. The Morgan fingerprint density at radius 3 is 2.82 bits per heavy atom. The van der Waals surface area contributed by atoms with Crippen molar-refractivity contribution < 1.29 is 9.84 Å². The summed E-state index contributed by atoms with van der Waals surface area (Å²) in [6.45, 7) is 8.85. The van der Waals surface area contributed by atoms with Crippen LogP contribution in [-0.4, -0.2) is 69.8 Å². The van der Waals surface area contributed by atoms with Crippen molar-refractivity contribution in [2.45, 2.75) is 32.5 Å². The minimum Gasteiger partial charge on any atom is -0.491 e. The van der Waals surface area contributed by atoms with Crippen molar-refractivity contribution in [3.05, 3.63) is 64.6 Å². The first-order valence-electron chi connectivity index (χ1n) is 11.7. The first-order valence-corrected chi connectivity index (χ1v) is 13.4. The Labute approximate surface area is 208 Å². The highest BCUT2D eigenvalue weighted by molar-refractivity contribution is 7.18. The summed E-state index contributed by atoms with van der Waals surface area (Å²) in [5, 5.41) is 14.9. The molecule has 1 aliphatic rings. The normalized spacial score (nSPS) is 18.4. The molecule has 0 saturated carbocycles. The van der Waals surface area contributed by atoms with E-state index >= 15 is 0 Å². The molecule has 1 N–H and O–H groups in total. The Morgan fingerprint density at radius 1 is 1.15 bits per heavy atom. The Kier molecular flexibility index (Phi) is 7.22. The van der Waals surface area contributed by atoms with Crippen LogP contribution in [0.5, 0.6) is 5.75 Å². The van der Waals surface area contributed by atoms with Crippen LogP contribution in [0.3, 0.4) is 0 Å². The fourth-order valence-corrected chi connectivity index (χ4v) is 6.05. The van der Waals surface area contributed by atoms with E-state index in [0.717, 1.165) is 57.9 Å². The predicted molar refractivity (Wildman–Crippen MR) is 140 cm³/mol. The highest BCUT2D eigenvalue weighted by Gasteiger charge is 2.26. The van der Waals surface area contributed by atoms with Gasteiger partial charge in [0, 0.05) is 55.8 Å². The van der Waals surface area contributed by atoms with E-state index in [1.807, 2.05) is 31.2 Å². The summed E-state index contributed by atoms with van der Waals surface area (Å²) < 4.78 is 7.02. The standard InChI is InChI=1S/C26H30N4O2S2/c1-18-13-29(15-22(31)16-32-23-8-9-25-24(12-23)27-19(2)34-25)10-11-30(18)14-21-17-33-26(28-21)20-6-4-3-5-7-20/h3-9,12,17-18,22,31H,10-11,13-16H2,1-2H3/t18-,22+/m0/s1. The van der Waals surface area contributed by atoms with Crippen LogP contribution in [0, 0.1) is 6.92 Å². The maximum absolute atomic E-state index is 10.6. The zero-order valence-corrected chi connectivity index (χ0v) is 21.2. The van der Waals surface area contributed by atoms with Gasteiger partial charge >= 0.3 is 0 Å². The number of aliphatic hydroxyl groups is 1. The van der Waals surface area contributed by atoms with Crippen LogP contribution in [0.2, 0.25) is 0 Å². The van der Waals surface area contributed by atoms with Crippen molar-refractivity contribution in [1.82, 2.24) is 19.8 Å². The molecule has 0 unspecified atom stereocenters. The Morgan fingerprint density at radius 2 is 2.00 bits per heavy atom. The van der Waals surface area contributed by atoms with Crippen molar-refractivity contribution in [1.29, 1.82) is 0 Å². The van der Waals surface area contributed by atoms with Crippen molar-refractivity contribution in [2.75, 3.05) is 32.8 Å². The molecule has 6 nitrogen and oxygen atoms in total. The van der Waals surface area contributed by atoms with E-state index in [1.165, 1.54) is 5.56 Å². The number of aromatic nitrogens is 2. The number of piperazine rings is 1. The second-order valence-electron chi connectivity index (χ2n) is 8.92.